The van der Waals surface area contributed by atoms with E-state index >= 15 is 0 Å². The molecule has 2 atom stereocenters. The Labute approximate surface area is 123 Å². The van der Waals surface area contributed by atoms with Gasteiger partial charge in [-0.25, -0.2) is 9.59 Å². The summed E-state index contributed by atoms with van der Waals surface area (Å²) >= 11 is 0. The fourth-order valence-electron chi connectivity index (χ4n) is 2.02. The molecule has 0 saturated heterocycles. The largest absolute Gasteiger partial charge is 0.452 e. The van der Waals surface area contributed by atoms with Crippen molar-refractivity contribution >= 4 is 12.1 Å². The van der Waals surface area contributed by atoms with Crippen LogP contribution in [0.4, 0.5) is 4.79 Å². The molecule has 0 aliphatic carbocycles. The predicted molar refractivity (Wildman–Crippen MR) is 77.6 cm³/mol. The molecule has 0 aromatic heterocycles. The number of nitrogens with one attached hydrogen (secondary N) is 1. The van der Waals surface area contributed by atoms with Crippen LogP contribution >= 0.6 is 0 Å². The molecule has 0 fully saturated rings. The maximum Gasteiger partial charge on any atom is 0.408 e. The van der Waals surface area contributed by atoms with Crippen LogP contribution in [0, 0.1) is 0 Å². The van der Waals surface area contributed by atoms with E-state index in [1.807, 2.05) is 30.3 Å². The number of hydrogen-bond acceptors (Lipinski definition) is 4. The summed E-state index contributed by atoms with van der Waals surface area (Å²) in [6, 6.07) is 8.84. The number of carbonyl (C=O) groups excluding carboxylic acids is 2. The predicted octanol–water partition coefficient (Wildman–Crippen LogP) is 2.73. The number of ether oxygens (including phenoxy) is 2. The molecule has 5 nitrogen and oxygen atoms in total. The summed E-state index contributed by atoms with van der Waals surface area (Å²) in [5.74, 6) is -0.410. The molecule has 2 rings (SSSR count). The smallest absolute Gasteiger partial charge is 0.408 e. The summed E-state index contributed by atoms with van der Waals surface area (Å²) < 4.78 is 10.5. The third-order valence-corrected chi connectivity index (χ3v) is 2.83. The molecule has 1 heterocycles. The normalized spacial score (nSPS) is 19.0. The number of rotatable bonds is 3. The number of carbonyl (C=O) groups is 2. The van der Waals surface area contributed by atoms with Crippen LogP contribution in [0.2, 0.25) is 0 Å². The van der Waals surface area contributed by atoms with Gasteiger partial charge in [-0.3, -0.25) is 0 Å². The SMILES string of the molecule is CC(C)(C)OC(=O)N[C@H](c1ccccc1)[C@@H]1C=CC(=O)O1. The van der Waals surface area contributed by atoms with E-state index in [0.29, 0.717) is 0 Å². The molecule has 1 aliphatic rings. The summed E-state index contributed by atoms with van der Waals surface area (Å²) in [7, 11) is 0. The molecule has 5 heteroatoms. The van der Waals surface area contributed by atoms with Crippen molar-refractivity contribution in [2.24, 2.45) is 0 Å². The maximum absolute atomic E-state index is 12.0. The fraction of sp³-hybridized carbons (Fsp3) is 0.375. The van der Waals surface area contributed by atoms with E-state index in [9.17, 15) is 9.59 Å². The Bertz CT molecular complexity index is 545. The van der Waals surface area contributed by atoms with Gasteiger partial charge in [0, 0.05) is 6.08 Å². The van der Waals surface area contributed by atoms with Crippen molar-refractivity contribution < 1.29 is 19.1 Å². The number of esters is 1. The minimum atomic E-state index is -0.590. The average molecular weight is 289 g/mol. The van der Waals surface area contributed by atoms with E-state index in [2.05, 4.69) is 5.32 Å². The standard InChI is InChI=1S/C16H19NO4/c1-16(2,3)21-15(19)17-14(11-7-5-4-6-8-11)12-9-10-13(18)20-12/h4-10,12,14H,1-3H3,(H,17,19)/t12-,14+/m0/s1. The van der Waals surface area contributed by atoms with E-state index in [1.165, 1.54) is 6.08 Å². The molecule has 112 valence electrons. The summed E-state index contributed by atoms with van der Waals surface area (Å²) in [6.45, 7) is 5.37. The lowest BCUT2D eigenvalue weighted by molar-refractivity contribution is -0.139. The van der Waals surface area contributed by atoms with Gasteiger partial charge in [0.15, 0.2) is 0 Å². The molecule has 0 bridgehead atoms. The summed E-state index contributed by atoms with van der Waals surface area (Å²) in [5.41, 5.74) is 0.251. The third-order valence-electron chi connectivity index (χ3n) is 2.83. The molecule has 1 aliphatic heterocycles. The van der Waals surface area contributed by atoms with Crippen molar-refractivity contribution in [3.63, 3.8) is 0 Å². The Morgan fingerprint density at radius 2 is 1.95 bits per heavy atom. The van der Waals surface area contributed by atoms with Gasteiger partial charge in [-0.05, 0) is 32.4 Å². The lowest BCUT2D eigenvalue weighted by atomic mass is 10.0. The van der Waals surface area contributed by atoms with Crippen molar-refractivity contribution in [3.8, 4) is 0 Å². The number of amides is 1. The quantitative estimate of drug-likeness (QED) is 0.869. The van der Waals surface area contributed by atoms with Gasteiger partial charge in [-0.15, -0.1) is 0 Å². The van der Waals surface area contributed by atoms with Gasteiger partial charge in [0.2, 0.25) is 0 Å². The molecular weight excluding hydrogens is 270 g/mol. The molecule has 21 heavy (non-hydrogen) atoms. The topological polar surface area (TPSA) is 64.6 Å². The first kappa shape index (κ1) is 15.1. The van der Waals surface area contributed by atoms with E-state index in [-0.39, 0.29) is 0 Å². The van der Waals surface area contributed by atoms with Crippen LogP contribution in [-0.2, 0) is 14.3 Å². The Morgan fingerprint density at radius 3 is 2.48 bits per heavy atom. The van der Waals surface area contributed by atoms with E-state index in [4.69, 9.17) is 9.47 Å². The second-order valence-electron chi connectivity index (χ2n) is 5.80. The Kier molecular flexibility index (Phi) is 4.31. The minimum Gasteiger partial charge on any atom is -0.452 e. The van der Waals surface area contributed by atoms with E-state index in [1.54, 1.807) is 26.8 Å². The summed E-state index contributed by atoms with van der Waals surface area (Å²) in [4.78, 5) is 23.2. The fourth-order valence-corrected chi connectivity index (χ4v) is 2.02. The monoisotopic (exact) mass is 289 g/mol. The Balaban J connectivity index is 2.15. The zero-order valence-electron chi connectivity index (χ0n) is 12.3. The second kappa shape index (κ2) is 5.99. The number of benzene rings is 1. The number of cyclic esters (lactones) is 1. The molecule has 0 radical (unpaired) electrons. The lowest BCUT2D eigenvalue weighted by Gasteiger charge is -2.26. The number of hydrogen-bond donors (Lipinski definition) is 1. The van der Waals surface area contributed by atoms with Gasteiger partial charge in [0.05, 0.1) is 6.04 Å². The second-order valence-corrected chi connectivity index (χ2v) is 5.80. The Hall–Kier alpha value is -2.30. The zero-order chi connectivity index (χ0) is 15.5. The van der Waals surface area contributed by atoms with Crippen LogP contribution in [-0.4, -0.2) is 23.8 Å². The van der Waals surface area contributed by atoms with Crippen molar-refractivity contribution in [2.75, 3.05) is 0 Å². The van der Waals surface area contributed by atoms with Gasteiger partial charge >= 0.3 is 12.1 Å². The van der Waals surface area contributed by atoms with Gasteiger partial charge in [-0.1, -0.05) is 30.3 Å². The average Bonchev–Trinajstić information content (AvgIpc) is 2.81. The van der Waals surface area contributed by atoms with Gasteiger partial charge in [0.25, 0.3) is 0 Å². The highest BCUT2D eigenvalue weighted by Crippen LogP contribution is 2.24. The van der Waals surface area contributed by atoms with Crippen molar-refractivity contribution in [2.45, 2.75) is 38.5 Å². The molecule has 1 amide bonds. The first-order valence-electron chi connectivity index (χ1n) is 6.78. The lowest BCUT2D eigenvalue weighted by Crippen LogP contribution is -2.39. The van der Waals surface area contributed by atoms with Gasteiger partial charge < -0.3 is 14.8 Å². The Morgan fingerprint density at radius 1 is 1.29 bits per heavy atom. The maximum atomic E-state index is 12.0. The molecule has 1 aromatic rings. The van der Waals surface area contributed by atoms with Crippen LogP contribution in [0.5, 0.6) is 0 Å². The number of alkyl carbamates (subject to hydrolysis) is 1. The van der Waals surface area contributed by atoms with Crippen LogP contribution < -0.4 is 5.32 Å². The van der Waals surface area contributed by atoms with Crippen molar-refractivity contribution in [3.05, 3.63) is 48.0 Å². The highest BCUT2D eigenvalue weighted by molar-refractivity contribution is 5.84. The van der Waals surface area contributed by atoms with Crippen LogP contribution in [0.3, 0.4) is 0 Å². The molecule has 0 saturated carbocycles. The van der Waals surface area contributed by atoms with Crippen LogP contribution in [0.1, 0.15) is 32.4 Å². The molecule has 0 unspecified atom stereocenters. The first-order chi connectivity index (χ1) is 9.85. The summed E-state index contributed by atoms with van der Waals surface area (Å²) in [6.07, 6.45) is 1.91. The van der Waals surface area contributed by atoms with Gasteiger partial charge in [-0.2, -0.15) is 0 Å². The molecule has 0 spiro atoms. The van der Waals surface area contributed by atoms with Gasteiger partial charge in [0.1, 0.15) is 11.7 Å². The molecule has 1 N–H and O–H groups in total. The van der Waals surface area contributed by atoms with E-state index in [0.717, 1.165) is 5.56 Å². The van der Waals surface area contributed by atoms with E-state index < -0.39 is 29.8 Å². The summed E-state index contributed by atoms with van der Waals surface area (Å²) in [5, 5.41) is 2.76. The zero-order valence-corrected chi connectivity index (χ0v) is 12.3. The highest BCUT2D eigenvalue weighted by Gasteiger charge is 2.30. The first-order valence-corrected chi connectivity index (χ1v) is 6.78. The minimum absolute atomic E-state index is 0.410. The molecular formula is C16H19NO4. The van der Waals surface area contributed by atoms with Crippen molar-refractivity contribution in [1.82, 2.24) is 5.32 Å². The third kappa shape index (κ3) is 4.34. The van der Waals surface area contributed by atoms with Crippen LogP contribution in [0.25, 0.3) is 0 Å². The van der Waals surface area contributed by atoms with Crippen LogP contribution in [0.15, 0.2) is 42.5 Å². The molecule has 1 aromatic carbocycles. The van der Waals surface area contributed by atoms with Crippen molar-refractivity contribution in [1.29, 1.82) is 0 Å². The highest BCUT2D eigenvalue weighted by atomic mass is 16.6.